The molecule has 2 fully saturated rings. The number of nitrogens with one attached hydrogen (secondary N) is 1. The summed E-state index contributed by atoms with van der Waals surface area (Å²) >= 11 is 0. The number of carbonyl (C=O) groups is 7. The third-order valence-electron chi connectivity index (χ3n) is 4.81. The van der Waals surface area contributed by atoms with Gasteiger partial charge in [0.15, 0.2) is 0 Å². The van der Waals surface area contributed by atoms with Crippen molar-refractivity contribution < 1.29 is 43.2 Å². The van der Waals surface area contributed by atoms with Crippen LogP contribution in [0, 0.1) is 0 Å². The van der Waals surface area contributed by atoms with E-state index in [0.717, 1.165) is 0 Å². The zero-order valence-corrected chi connectivity index (χ0v) is 17.8. The summed E-state index contributed by atoms with van der Waals surface area (Å²) in [5, 5.41) is 3.75. The summed E-state index contributed by atoms with van der Waals surface area (Å²) < 4.78 is 0. The van der Waals surface area contributed by atoms with Crippen molar-refractivity contribution in [2.45, 2.75) is 77.0 Å². The van der Waals surface area contributed by atoms with Gasteiger partial charge in [0.2, 0.25) is 5.91 Å². The van der Waals surface area contributed by atoms with E-state index in [9.17, 15) is 33.6 Å². The van der Waals surface area contributed by atoms with Gasteiger partial charge in [0.25, 0.3) is 23.6 Å². The average molecular weight is 453 g/mol. The summed E-state index contributed by atoms with van der Waals surface area (Å²) in [6.07, 6.45) is 3.08. The Balaban J connectivity index is 1.43. The van der Waals surface area contributed by atoms with Gasteiger partial charge in [-0.25, -0.2) is 9.59 Å². The van der Waals surface area contributed by atoms with E-state index in [4.69, 9.17) is 9.68 Å². The molecular formula is C20H27N3O9. The molecule has 0 saturated carbocycles. The standard InChI is InChI=1S/C20H27N3O9/c24-14(6-3-4-8-20(30)32-23-17(27)11-12-18(23)28)21-13-5-1-2-7-19(29)31-22-15(25)9-10-16(22)26/h1-13H2,(H,21,24). The summed E-state index contributed by atoms with van der Waals surface area (Å²) in [5.41, 5.74) is 0. The van der Waals surface area contributed by atoms with Gasteiger partial charge in [-0.05, 0) is 25.7 Å². The molecule has 2 aliphatic heterocycles. The Labute approximate surface area is 184 Å². The Morgan fingerprint density at radius 1 is 0.625 bits per heavy atom. The molecule has 2 saturated heterocycles. The predicted molar refractivity (Wildman–Crippen MR) is 104 cm³/mol. The molecular weight excluding hydrogens is 426 g/mol. The molecule has 0 aromatic heterocycles. The van der Waals surface area contributed by atoms with Crippen molar-refractivity contribution >= 4 is 41.5 Å². The molecule has 0 unspecified atom stereocenters. The number of rotatable bonds is 13. The molecule has 0 spiro atoms. The van der Waals surface area contributed by atoms with Crippen molar-refractivity contribution in [1.82, 2.24) is 15.4 Å². The van der Waals surface area contributed by atoms with E-state index >= 15 is 0 Å². The van der Waals surface area contributed by atoms with Crippen LogP contribution in [-0.4, -0.2) is 58.1 Å². The maximum atomic E-state index is 11.8. The monoisotopic (exact) mass is 453 g/mol. The van der Waals surface area contributed by atoms with Gasteiger partial charge >= 0.3 is 11.9 Å². The third-order valence-corrected chi connectivity index (χ3v) is 4.81. The minimum Gasteiger partial charge on any atom is -0.356 e. The number of nitrogens with zero attached hydrogens (tertiary/aromatic N) is 2. The van der Waals surface area contributed by atoms with E-state index in [0.29, 0.717) is 48.8 Å². The average Bonchev–Trinajstić information content (AvgIpc) is 3.24. The number of carbonyl (C=O) groups excluding carboxylic acids is 7. The Bertz CT molecular complexity index is 748. The van der Waals surface area contributed by atoms with Crippen molar-refractivity contribution in [1.29, 1.82) is 0 Å². The quantitative estimate of drug-likeness (QED) is 0.309. The molecule has 2 rings (SSSR count). The maximum absolute atomic E-state index is 11.8. The second-order valence-corrected chi connectivity index (χ2v) is 7.46. The summed E-state index contributed by atoms with van der Waals surface area (Å²) in [5.74, 6) is -3.60. The van der Waals surface area contributed by atoms with Gasteiger partial charge < -0.3 is 15.0 Å². The highest BCUT2D eigenvalue weighted by atomic mass is 16.7. The Morgan fingerprint density at radius 3 is 1.50 bits per heavy atom. The van der Waals surface area contributed by atoms with Crippen molar-refractivity contribution in [3.05, 3.63) is 0 Å². The van der Waals surface area contributed by atoms with Crippen LogP contribution in [0.3, 0.4) is 0 Å². The fraction of sp³-hybridized carbons (Fsp3) is 0.650. The molecule has 12 heteroatoms. The zero-order valence-electron chi connectivity index (χ0n) is 17.8. The SMILES string of the molecule is O=C(CCCCC(=O)ON1C(=O)CCC1=O)NCCCCCC(=O)ON1C(=O)CCC1=O. The van der Waals surface area contributed by atoms with Crippen molar-refractivity contribution in [2.75, 3.05) is 6.54 Å². The first-order valence-electron chi connectivity index (χ1n) is 10.7. The molecule has 0 radical (unpaired) electrons. The van der Waals surface area contributed by atoms with Gasteiger partial charge in [0, 0.05) is 51.5 Å². The maximum Gasteiger partial charge on any atom is 0.333 e. The van der Waals surface area contributed by atoms with Crippen molar-refractivity contribution in [3.63, 3.8) is 0 Å². The predicted octanol–water partition coefficient (Wildman–Crippen LogP) is 0.438. The van der Waals surface area contributed by atoms with Gasteiger partial charge in [-0.3, -0.25) is 24.0 Å². The van der Waals surface area contributed by atoms with Crippen LogP contribution in [0.5, 0.6) is 0 Å². The number of hydrogen-bond acceptors (Lipinski definition) is 9. The number of hydroxylamine groups is 4. The molecule has 32 heavy (non-hydrogen) atoms. The van der Waals surface area contributed by atoms with Crippen molar-refractivity contribution in [2.24, 2.45) is 0 Å². The number of unbranched alkanes of at least 4 members (excludes halogenated alkanes) is 3. The van der Waals surface area contributed by atoms with E-state index in [-0.39, 0.29) is 50.9 Å². The topological polar surface area (TPSA) is 156 Å². The fourth-order valence-corrected chi connectivity index (χ4v) is 3.05. The molecule has 0 bridgehead atoms. The molecule has 0 aromatic carbocycles. The molecule has 1 N–H and O–H groups in total. The third kappa shape index (κ3) is 8.08. The molecule has 12 nitrogen and oxygen atoms in total. The van der Waals surface area contributed by atoms with Crippen molar-refractivity contribution in [3.8, 4) is 0 Å². The summed E-state index contributed by atoms with van der Waals surface area (Å²) in [7, 11) is 0. The summed E-state index contributed by atoms with van der Waals surface area (Å²) in [4.78, 5) is 90.0. The molecule has 2 aliphatic rings. The highest BCUT2D eigenvalue weighted by Gasteiger charge is 2.33. The minimum absolute atomic E-state index is 0.00490. The fourth-order valence-electron chi connectivity index (χ4n) is 3.05. The highest BCUT2D eigenvalue weighted by Crippen LogP contribution is 2.14. The van der Waals surface area contributed by atoms with Crippen LogP contribution in [0.2, 0.25) is 0 Å². The van der Waals surface area contributed by atoms with Gasteiger partial charge in [0.05, 0.1) is 0 Å². The molecule has 176 valence electrons. The smallest absolute Gasteiger partial charge is 0.333 e. The molecule has 0 aromatic rings. The van der Waals surface area contributed by atoms with E-state index in [1.807, 2.05) is 0 Å². The van der Waals surface area contributed by atoms with Gasteiger partial charge in [-0.1, -0.05) is 6.42 Å². The van der Waals surface area contributed by atoms with Gasteiger partial charge in [0.1, 0.15) is 0 Å². The zero-order chi connectivity index (χ0) is 23.5. The number of amides is 5. The Hall–Kier alpha value is -3.31. The normalized spacial score (nSPS) is 16.0. The van der Waals surface area contributed by atoms with E-state index in [1.165, 1.54) is 0 Å². The minimum atomic E-state index is -0.689. The Kier molecular flexibility index (Phi) is 9.76. The second-order valence-electron chi connectivity index (χ2n) is 7.46. The van der Waals surface area contributed by atoms with E-state index < -0.39 is 35.6 Å². The summed E-state index contributed by atoms with van der Waals surface area (Å²) in [6, 6.07) is 0. The molecule has 5 amide bonds. The first-order valence-corrected chi connectivity index (χ1v) is 10.7. The van der Waals surface area contributed by atoms with Crippen LogP contribution in [0.1, 0.15) is 77.0 Å². The largest absolute Gasteiger partial charge is 0.356 e. The lowest BCUT2D eigenvalue weighted by Crippen LogP contribution is -2.32. The van der Waals surface area contributed by atoms with Crippen LogP contribution in [0.25, 0.3) is 0 Å². The van der Waals surface area contributed by atoms with Crippen LogP contribution in [-0.2, 0) is 43.2 Å². The summed E-state index contributed by atoms with van der Waals surface area (Å²) in [6.45, 7) is 0.429. The lowest BCUT2D eigenvalue weighted by Gasteiger charge is -2.12. The Morgan fingerprint density at radius 2 is 1.03 bits per heavy atom. The van der Waals surface area contributed by atoms with Crippen LogP contribution in [0.4, 0.5) is 0 Å². The molecule has 2 heterocycles. The van der Waals surface area contributed by atoms with Gasteiger partial charge in [-0.15, -0.1) is 10.1 Å². The molecule has 0 aliphatic carbocycles. The van der Waals surface area contributed by atoms with Crippen LogP contribution in [0.15, 0.2) is 0 Å². The highest BCUT2D eigenvalue weighted by molar-refractivity contribution is 6.02. The first-order chi connectivity index (χ1) is 15.3. The number of hydrogen-bond donors (Lipinski definition) is 1. The lowest BCUT2D eigenvalue weighted by molar-refractivity contribution is -0.197. The van der Waals surface area contributed by atoms with E-state index in [1.54, 1.807) is 0 Å². The van der Waals surface area contributed by atoms with Crippen LogP contribution < -0.4 is 5.32 Å². The lowest BCUT2D eigenvalue weighted by atomic mass is 10.1. The van der Waals surface area contributed by atoms with Crippen LogP contribution >= 0.6 is 0 Å². The van der Waals surface area contributed by atoms with E-state index in [2.05, 4.69) is 5.32 Å². The molecule has 0 atom stereocenters. The number of imide groups is 2. The second kappa shape index (κ2) is 12.5. The first kappa shape index (κ1) is 25.0. The van der Waals surface area contributed by atoms with Gasteiger partial charge in [-0.2, -0.15) is 0 Å².